The molecule has 0 spiro atoms. The van der Waals surface area contributed by atoms with Crippen LogP contribution < -0.4 is 0 Å². The molecule has 0 saturated heterocycles. The second kappa shape index (κ2) is 4.84. The van der Waals surface area contributed by atoms with E-state index in [1.165, 1.54) is 24.3 Å². The first kappa shape index (κ1) is 11.6. The van der Waals surface area contributed by atoms with Crippen LogP contribution in [-0.2, 0) is 9.59 Å². The van der Waals surface area contributed by atoms with Gasteiger partial charge in [0.15, 0.2) is 0 Å². The van der Waals surface area contributed by atoms with Crippen LogP contribution in [0.3, 0.4) is 0 Å². The molecular formula is C10H6BrFO3. The fourth-order valence-electron chi connectivity index (χ4n) is 0.879. The molecular weight excluding hydrogens is 267 g/mol. The van der Waals surface area contributed by atoms with Gasteiger partial charge >= 0.3 is 5.97 Å². The number of carboxylic acids is 1. The molecule has 1 aromatic rings. The Bertz CT molecular complexity index is 440. The van der Waals surface area contributed by atoms with Crippen LogP contribution in [0, 0.1) is 5.82 Å². The van der Waals surface area contributed by atoms with Crippen LogP contribution in [0.5, 0.6) is 0 Å². The zero-order valence-corrected chi connectivity index (χ0v) is 8.99. The van der Waals surface area contributed by atoms with Gasteiger partial charge in [0.05, 0.1) is 0 Å². The van der Waals surface area contributed by atoms with Crippen molar-refractivity contribution < 1.29 is 19.1 Å². The highest BCUT2D eigenvalue weighted by molar-refractivity contribution is 9.10. The molecule has 5 heteroatoms. The Morgan fingerprint density at radius 3 is 2.67 bits per heavy atom. The van der Waals surface area contributed by atoms with E-state index in [0.717, 1.165) is 6.08 Å². The van der Waals surface area contributed by atoms with E-state index < -0.39 is 17.6 Å². The SMILES string of the molecule is O=C(O)C(=O)/C=C/c1cc(F)ccc1Br. The molecule has 1 N–H and O–H groups in total. The van der Waals surface area contributed by atoms with Gasteiger partial charge in [-0.3, -0.25) is 4.79 Å². The predicted octanol–water partition coefficient (Wildman–Crippen LogP) is 2.26. The van der Waals surface area contributed by atoms with Gasteiger partial charge in [0.25, 0.3) is 5.78 Å². The van der Waals surface area contributed by atoms with Gasteiger partial charge in [-0.2, -0.15) is 0 Å². The van der Waals surface area contributed by atoms with Crippen molar-refractivity contribution in [2.45, 2.75) is 0 Å². The topological polar surface area (TPSA) is 54.4 Å². The Balaban J connectivity index is 2.94. The molecule has 3 nitrogen and oxygen atoms in total. The molecule has 1 aromatic carbocycles. The number of carboxylic acid groups (broad SMARTS) is 1. The molecule has 0 aromatic heterocycles. The Hall–Kier alpha value is -1.49. The van der Waals surface area contributed by atoms with Crippen LogP contribution in [0.4, 0.5) is 4.39 Å². The molecule has 1 rings (SSSR count). The summed E-state index contributed by atoms with van der Waals surface area (Å²) in [5, 5.41) is 8.30. The van der Waals surface area contributed by atoms with E-state index in [1.54, 1.807) is 0 Å². The summed E-state index contributed by atoms with van der Waals surface area (Å²) in [7, 11) is 0. The maximum atomic E-state index is 12.8. The van der Waals surface area contributed by atoms with Crippen LogP contribution in [0.2, 0.25) is 0 Å². The van der Waals surface area contributed by atoms with Gasteiger partial charge in [-0.25, -0.2) is 9.18 Å². The molecule has 0 atom stereocenters. The van der Waals surface area contributed by atoms with Crippen molar-refractivity contribution in [2.24, 2.45) is 0 Å². The smallest absolute Gasteiger partial charge is 0.376 e. The fourth-order valence-corrected chi connectivity index (χ4v) is 1.26. The number of ketones is 1. The van der Waals surface area contributed by atoms with Crippen molar-refractivity contribution in [1.82, 2.24) is 0 Å². The number of carbonyl (C=O) groups is 2. The van der Waals surface area contributed by atoms with E-state index in [0.29, 0.717) is 10.0 Å². The van der Waals surface area contributed by atoms with Gasteiger partial charge in [-0.15, -0.1) is 0 Å². The summed E-state index contributed by atoms with van der Waals surface area (Å²) in [4.78, 5) is 20.9. The van der Waals surface area contributed by atoms with E-state index in [4.69, 9.17) is 5.11 Å². The summed E-state index contributed by atoms with van der Waals surface area (Å²) >= 11 is 3.14. The highest BCUT2D eigenvalue weighted by atomic mass is 79.9. The summed E-state index contributed by atoms with van der Waals surface area (Å²) in [5.74, 6) is -3.05. The lowest BCUT2D eigenvalue weighted by atomic mass is 10.2. The van der Waals surface area contributed by atoms with Crippen molar-refractivity contribution >= 4 is 33.8 Å². The molecule has 0 unspecified atom stereocenters. The molecule has 0 bridgehead atoms. The quantitative estimate of drug-likeness (QED) is 0.678. The van der Waals surface area contributed by atoms with E-state index in [-0.39, 0.29) is 0 Å². The number of aliphatic carboxylic acids is 1. The molecule has 0 saturated carbocycles. The second-order valence-electron chi connectivity index (χ2n) is 2.67. The van der Waals surface area contributed by atoms with Gasteiger partial charge in [0.1, 0.15) is 5.82 Å². The summed E-state index contributed by atoms with van der Waals surface area (Å²) in [6.45, 7) is 0. The fraction of sp³-hybridized carbons (Fsp3) is 0. The zero-order chi connectivity index (χ0) is 11.4. The third-order valence-corrected chi connectivity index (χ3v) is 2.31. The van der Waals surface area contributed by atoms with Crippen LogP contribution in [0.15, 0.2) is 28.7 Å². The van der Waals surface area contributed by atoms with E-state index in [2.05, 4.69) is 15.9 Å². The van der Waals surface area contributed by atoms with Crippen LogP contribution in [0.1, 0.15) is 5.56 Å². The molecule has 0 aliphatic heterocycles. The molecule has 78 valence electrons. The Labute approximate surface area is 93.4 Å². The molecule has 0 aliphatic carbocycles. The molecule has 0 amide bonds. The van der Waals surface area contributed by atoms with Crippen molar-refractivity contribution in [3.63, 3.8) is 0 Å². The van der Waals surface area contributed by atoms with Gasteiger partial charge in [0.2, 0.25) is 0 Å². The molecule has 0 radical (unpaired) electrons. The number of benzene rings is 1. The maximum absolute atomic E-state index is 12.8. The van der Waals surface area contributed by atoms with Crippen LogP contribution >= 0.6 is 15.9 Å². The van der Waals surface area contributed by atoms with E-state index in [9.17, 15) is 14.0 Å². The Kier molecular flexibility index (Phi) is 3.74. The van der Waals surface area contributed by atoms with Crippen molar-refractivity contribution in [3.8, 4) is 0 Å². The average Bonchev–Trinajstić information content (AvgIpc) is 2.18. The number of hydrogen-bond donors (Lipinski definition) is 1. The van der Waals surface area contributed by atoms with E-state index in [1.807, 2.05) is 0 Å². The van der Waals surface area contributed by atoms with Crippen molar-refractivity contribution in [3.05, 3.63) is 40.1 Å². The average molecular weight is 273 g/mol. The minimum absolute atomic E-state index is 0.407. The number of carbonyl (C=O) groups excluding carboxylic acids is 1. The van der Waals surface area contributed by atoms with E-state index >= 15 is 0 Å². The maximum Gasteiger partial charge on any atom is 0.376 e. The third-order valence-electron chi connectivity index (χ3n) is 1.58. The van der Waals surface area contributed by atoms with Crippen molar-refractivity contribution in [2.75, 3.05) is 0 Å². The molecule has 15 heavy (non-hydrogen) atoms. The van der Waals surface area contributed by atoms with Crippen LogP contribution in [0.25, 0.3) is 6.08 Å². The molecule has 0 fully saturated rings. The Morgan fingerprint density at radius 1 is 1.40 bits per heavy atom. The minimum Gasteiger partial charge on any atom is -0.475 e. The molecule has 0 heterocycles. The highest BCUT2D eigenvalue weighted by Crippen LogP contribution is 2.19. The third kappa shape index (κ3) is 3.28. The monoisotopic (exact) mass is 272 g/mol. The Morgan fingerprint density at radius 2 is 2.07 bits per heavy atom. The normalized spacial score (nSPS) is 10.5. The van der Waals surface area contributed by atoms with Gasteiger partial charge < -0.3 is 5.11 Å². The zero-order valence-electron chi connectivity index (χ0n) is 7.41. The van der Waals surface area contributed by atoms with Gasteiger partial charge in [-0.05, 0) is 35.9 Å². The lowest BCUT2D eigenvalue weighted by Crippen LogP contribution is -2.08. The lowest BCUT2D eigenvalue weighted by molar-refractivity contribution is -0.146. The second-order valence-corrected chi connectivity index (χ2v) is 3.52. The van der Waals surface area contributed by atoms with Gasteiger partial charge in [-0.1, -0.05) is 15.9 Å². The number of rotatable bonds is 3. The standard InChI is InChI=1S/C10H6BrFO3/c11-8-3-2-7(12)5-6(8)1-4-9(13)10(14)15/h1-5H,(H,14,15)/b4-1+. The summed E-state index contributed by atoms with van der Waals surface area (Å²) in [6, 6.07) is 3.91. The molecule has 0 aliphatic rings. The first-order chi connectivity index (χ1) is 7.00. The summed E-state index contributed by atoms with van der Waals surface area (Å²) < 4.78 is 13.4. The van der Waals surface area contributed by atoms with Gasteiger partial charge in [0, 0.05) is 4.47 Å². The lowest BCUT2D eigenvalue weighted by Gasteiger charge is -1.97. The largest absolute Gasteiger partial charge is 0.475 e. The number of halogens is 2. The first-order valence-corrected chi connectivity index (χ1v) is 4.70. The first-order valence-electron chi connectivity index (χ1n) is 3.91. The predicted molar refractivity (Wildman–Crippen MR) is 55.8 cm³/mol. The van der Waals surface area contributed by atoms with Crippen molar-refractivity contribution in [1.29, 1.82) is 0 Å². The van der Waals surface area contributed by atoms with Crippen LogP contribution in [-0.4, -0.2) is 16.9 Å². The number of hydrogen-bond acceptors (Lipinski definition) is 2. The minimum atomic E-state index is -1.54. The summed E-state index contributed by atoms with van der Waals surface area (Å²) in [5.41, 5.74) is 0.407. The summed E-state index contributed by atoms with van der Waals surface area (Å²) in [6.07, 6.45) is 2.12. The highest BCUT2D eigenvalue weighted by Gasteiger charge is 2.06.